The lowest BCUT2D eigenvalue weighted by atomic mass is 9.92. The van der Waals surface area contributed by atoms with Crippen molar-refractivity contribution in [3.05, 3.63) is 65.9 Å². The first-order valence-corrected chi connectivity index (χ1v) is 8.49. The first-order chi connectivity index (χ1) is 11.3. The summed E-state index contributed by atoms with van der Waals surface area (Å²) in [6.07, 6.45) is 2.42. The molecule has 2 heterocycles. The molecule has 0 aliphatic carbocycles. The molecule has 118 valence electrons. The molecule has 3 heteroatoms. The molecular weight excluding hydrogens is 282 g/mol. The van der Waals surface area contributed by atoms with Crippen molar-refractivity contribution in [3.63, 3.8) is 0 Å². The Kier molecular flexibility index (Phi) is 3.88. The zero-order valence-corrected chi connectivity index (χ0v) is 13.7. The van der Waals surface area contributed by atoms with E-state index < -0.39 is 0 Å². The first kappa shape index (κ1) is 14.5. The Balaban J connectivity index is 1.71. The van der Waals surface area contributed by atoms with Gasteiger partial charge in [0.25, 0.3) is 0 Å². The van der Waals surface area contributed by atoms with E-state index in [4.69, 9.17) is 5.10 Å². The van der Waals surface area contributed by atoms with E-state index in [1.807, 2.05) is 0 Å². The van der Waals surface area contributed by atoms with Crippen LogP contribution in [0.3, 0.4) is 0 Å². The molecule has 1 aliphatic rings. The van der Waals surface area contributed by atoms with Crippen molar-refractivity contribution in [1.29, 1.82) is 0 Å². The van der Waals surface area contributed by atoms with Crippen molar-refractivity contribution in [1.82, 2.24) is 14.7 Å². The summed E-state index contributed by atoms with van der Waals surface area (Å²) in [5.41, 5.74) is 3.85. The predicted molar refractivity (Wildman–Crippen MR) is 94.7 cm³/mol. The average Bonchev–Trinajstić information content (AvgIpc) is 2.95. The van der Waals surface area contributed by atoms with Crippen molar-refractivity contribution in [3.8, 4) is 0 Å². The van der Waals surface area contributed by atoms with Crippen molar-refractivity contribution in [2.45, 2.75) is 25.3 Å². The van der Waals surface area contributed by atoms with Crippen LogP contribution in [-0.2, 0) is 6.54 Å². The van der Waals surface area contributed by atoms with E-state index in [2.05, 4.69) is 71.2 Å². The van der Waals surface area contributed by atoms with Crippen LogP contribution in [0.5, 0.6) is 0 Å². The molecule has 0 atom stereocenters. The van der Waals surface area contributed by atoms with Gasteiger partial charge >= 0.3 is 0 Å². The van der Waals surface area contributed by atoms with Crippen molar-refractivity contribution < 1.29 is 0 Å². The molecule has 3 nitrogen and oxygen atoms in total. The second kappa shape index (κ2) is 6.17. The second-order valence-corrected chi connectivity index (χ2v) is 6.62. The van der Waals surface area contributed by atoms with Crippen LogP contribution in [-0.4, -0.2) is 34.8 Å². The molecule has 0 radical (unpaired) electrons. The smallest absolute Gasteiger partial charge is 0.0735 e. The third-order valence-corrected chi connectivity index (χ3v) is 4.97. The van der Waals surface area contributed by atoms with Gasteiger partial charge in [-0.25, -0.2) is 0 Å². The fraction of sp³-hybridized carbons (Fsp3) is 0.350. The number of hydrogen-bond donors (Lipinski definition) is 0. The lowest BCUT2D eigenvalue weighted by Gasteiger charge is -2.28. The average molecular weight is 305 g/mol. The van der Waals surface area contributed by atoms with Gasteiger partial charge in [-0.05, 0) is 44.6 Å². The minimum Gasteiger partial charge on any atom is -0.306 e. The van der Waals surface area contributed by atoms with Crippen LogP contribution in [0.4, 0.5) is 0 Å². The molecule has 0 spiro atoms. The summed E-state index contributed by atoms with van der Waals surface area (Å²) in [7, 11) is 2.21. The number of likely N-dealkylation sites (tertiary alicyclic amines) is 1. The highest BCUT2D eigenvalue weighted by atomic mass is 15.3. The highest BCUT2D eigenvalue weighted by molar-refractivity contribution is 5.82. The normalized spacial score (nSPS) is 16.9. The summed E-state index contributed by atoms with van der Waals surface area (Å²) in [5.74, 6) is 0.591. The van der Waals surface area contributed by atoms with Crippen LogP contribution < -0.4 is 0 Å². The standard InChI is InChI=1S/C20H23N3/c1-22-13-11-17(12-14-22)20-18-9-5-6-10-19(18)23(21-20)15-16-7-3-2-4-8-16/h2-10,17H,11-15H2,1H3. The fourth-order valence-corrected chi connectivity index (χ4v) is 3.61. The lowest BCUT2D eigenvalue weighted by molar-refractivity contribution is 0.253. The summed E-state index contributed by atoms with van der Waals surface area (Å²) < 4.78 is 2.18. The minimum absolute atomic E-state index is 0.591. The second-order valence-electron chi connectivity index (χ2n) is 6.62. The maximum Gasteiger partial charge on any atom is 0.0735 e. The van der Waals surface area contributed by atoms with E-state index in [1.165, 1.54) is 48.1 Å². The van der Waals surface area contributed by atoms with E-state index >= 15 is 0 Å². The molecule has 1 aliphatic heterocycles. The van der Waals surface area contributed by atoms with Gasteiger partial charge in [0.2, 0.25) is 0 Å². The van der Waals surface area contributed by atoms with E-state index in [0.717, 1.165) is 6.54 Å². The molecule has 0 N–H and O–H groups in total. The predicted octanol–water partition coefficient (Wildman–Crippen LogP) is 3.89. The van der Waals surface area contributed by atoms with Gasteiger partial charge in [-0.1, -0.05) is 48.5 Å². The first-order valence-electron chi connectivity index (χ1n) is 8.49. The van der Waals surface area contributed by atoms with Crippen LogP contribution >= 0.6 is 0 Å². The Labute approximate surface area is 137 Å². The van der Waals surface area contributed by atoms with Crippen LogP contribution in [0.15, 0.2) is 54.6 Å². The summed E-state index contributed by atoms with van der Waals surface area (Å²) in [5, 5.41) is 6.36. The van der Waals surface area contributed by atoms with Gasteiger partial charge in [0.05, 0.1) is 17.8 Å². The Hall–Kier alpha value is -2.13. The van der Waals surface area contributed by atoms with Gasteiger partial charge in [0.1, 0.15) is 0 Å². The maximum absolute atomic E-state index is 5.03. The SMILES string of the molecule is CN1CCC(c2nn(Cc3ccccc3)c3ccccc23)CC1. The molecule has 1 aromatic heterocycles. The van der Waals surface area contributed by atoms with Crippen LogP contribution in [0.1, 0.15) is 30.0 Å². The molecule has 0 amide bonds. The van der Waals surface area contributed by atoms with Crippen molar-refractivity contribution >= 4 is 10.9 Å². The third-order valence-electron chi connectivity index (χ3n) is 4.97. The summed E-state index contributed by atoms with van der Waals surface area (Å²) in [6, 6.07) is 19.3. The summed E-state index contributed by atoms with van der Waals surface area (Å²) >= 11 is 0. The molecule has 1 fully saturated rings. The number of benzene rings is 2. The summed E-state index contributed by atoms with van der Waals surface area (Å²) in [4.78, 5) is 2.42. The van der Waals surface area contributed by atoms with Gasteiger partial charge in [0.15, 0.2) is 0 Å². The fourth-order valence-electron chi connectivity index (χ4n) is 3.61. The van der Waals surface area contributed by atoms with Gasteiger partial charge in [-0.15, -0.1) is 0 Å². The van der Waals surface area contributed by atoms with E-state index in [1.54, 1.807) is 0 Å². The van der Waals surface area contributed by atoms with E-state index in [9.17, 15) is 0 Å². The van der Waals surface area contributed by atoms with Gasteiger partial charge < -0.3 is 4.90 Å². The number of hydrogen-bond acceptors (Lipinski definition) is 2. The quantitative estimate of drug-likeness (QED) is 0.732. The number of piperidine rings is 1. The zero-order chi connectivity index (χ0) is 15.6. The molecule has 2 aromatic carbocycles. The van der Waals surface area contributed by atoms with Crippen molar-refractivity contribution in [2.75, 3.05) is 20.1 Å². The lowest BCUT2D eigenvalue weighted by Crippen LogP contribution is -2.29. The molecule has 23 heavy (non-hydrogen) atoms. The van der Waals surface area contributed by atoms with Gasteiger partial charge in [-0.3, -0.25) is 4.68 Å². The molecule has 0 bridgehead atoms. The molecule has 0 saturated carbocycles. The highest BCUT2D eigenvalue weighted by Gasteiger charge is 2.23. The number of fused-ring (bicyclic) bond motifs is 1. The molecule has 1 saturated heterocycles. The van der Waals surface area contributed by atoms with Crippen LogP contribution in [0, 0.1) is 0 Å². The van der Waals surface area contributed by atoms with Gasteiger partial charge in [0, 0.05) is 11.3 Å². The topological polar surface area (TPSA) is 21.1 Å². The maximum atomic E-state index is 5.03. The summed E-state index contributed by atoms with van der Waals surface area (Å²) in [6.45, 7) is 3.18. The number of para-hydroxylation sites is 1. The van der Waals surface area contributed by atoms with E-state index in [-0.39, 0.29) is 0 Å². The molecule has 4 rings (SSSR count). The Bertz CT molecular complexity index is 783. The minimum atomic E-state index is 0.591. The Morgan fingerprint density at radius 3 is 2.43 bits per heavy atom. The van der Waals surface area contributed by atoms with Crippen LogP contribution in [0.2, 0.25) is 0 Å². The monoisotopic (exact) mass is 305 g/mol. The molecule has 0 unspecified atom stereocenters. The van der Waals surface area contributed by atoms with Crippen LogP contribution in [0.25, 0.3) is 10.9 Å². The number of rotatable bonds is 3. The van der Waals surface area contributed by atoms with E-state index in [0.29, 0.717) is 5.92 Å². The van der Waals surface area contributed by atoms with Crippen molar-refractivity contribution in [2.24, 2.45) is 0 Å². The molecular formula is C20H23N3. The third kappa shape index (κ3) is 2.89. The highest BCUT2D eigenvalue weighted by Crippen LogP contribution is 2.32. The largest absolute Gasteiger partial charge is 0.306 e. The molecule has 3 aromatic rings. The Morgan fingerprint density at radius 1 is 0.957 bits per heavy atom. The number of nitrogens with zero attached hydrogens (tertiary/aromatic N) is 3. The number of aromatic nitrogens is 2. The van der Waals surface area contributed by atoms with Gasteiger partial charge in [-0.2, -0.15) is 5.10 Å². The zero-order valence-electron chi connectivity index (χ0n) is 13.7. The Morgan fingerprint density at radius 2 is 1.65 bits per heavy atom.